The first-order valence-corrected chi connectivity index (χ1v) is 6.71. The average Bonchev–Trinajstić information content (AvgIpc) is 3.04. The molecular formula is C14H15FN4O2. The number of hydrogen-bond acceptors (Lipinski definition) is 3. The van der Waals surface area contributed by atoms with Gasteiger partial charge in [-0.2, -0.15) is 0 Å². The molecule has 0 saturated carbocycles. The molecule has 6 nitrogen and oxygen atoms in total. The van der Waals surface area contributed by atoms with E-state index in [0.717, 1.165) is 0 Å². The molecule has 3 rings (SSSR count). The fourth-order valence-corrected chi connectivity index (χ4v) is 2.28. The maximum Gasteiger partial charge on any atom is 0.328 e. The quantitative estimate of drug-likeness (QED) is 0.944. The van der Waals surface area contributed by atoms with Crippen molar-refractivity contribution in [3.8, 4) is 5.75 Å². The first-order chi connectivity index (χ1) is 10.2. The Balaban J connectivity index is 1.79. The summed E-state index contributed by atoms with van der Waals surface area (Å²) in [5.74, 6) is 0.508. The van der Waals surface area contributed by atoms with Crippen molar-refractivity contribution in [1.29, 1.82) is 0 Å². The number of carbonyl (C=O) groups is 1. The Bertz CT molecular complexity index is 671. The number of nitrogens with zero attached hydrogens (tertiary/aromatic N) is 3. The van der Waals surface area contributed by atoms with Crippen LogP contribution >= 0.6 is 0 Å². The Hall–Kier alpha value is -2.57. The van der Waals surface area contributed by atoms with Crippen LogP contribution in [0.4, 0.5) is 20.8 Å². The van der Waals surface area contributed by atoms with Crippen LogP contribution in [0.25, 0.3) is 0 Å². The van der Waals surface area contributed by atoms with Crippen LogP contribution in [0, 0.1) is 5.82 Å². The predicted molar refractivity (Wildman–Crippen MR) is 76.2 cm³/mol. The van der Waals surface area contributed by atoms with Crippen molar-refractivity contribution in [1.82, 2.24) is 9.55 Å². The predicted octanol–water partition coefficient (Wildman–Crippen LogP) is 2.47. The number of anilines is 2. The molecule has 0 bridgehead atoms. The summed E-state index contributed by atoms with van der Waals surface area (Å²) in [7, 11) is 0. The minimum Gasteiger partial charge on any atom is -0.492 e. The highest BCUT2D eigenvalue weighted by atomic mass is 19.1. The Morgan fingerprint density at radius 1 is 1.48 bits per heavy atom. The molecule has 1 aliphatic heterocycles. The molecule has 1 aromatic carbocycles. The number of imidazole rings is 1. The molecule has 1 aliphatic rings. The molecule has 0 atom stereocenters. The number of benzene rings is 1. The smallest absolute Gasteiger partial charge is 0.328 e. The van der Waals surface area contributed by atoms with Crippen molar-refractivity contribution in [3.63, 3.8) is 0 Å². The second-order valence-electron chi connectivity index (χ2n) is 4.58. The van der Waals surface area contributed by atoms with Crippen molar-refractivity contribution in [2.45, 2.75) is 13.5 Å². The summed E-state index contributed by atoms with van der Waals surface area (Å²) >= 11 is 0. The van der Waals surface area contributed by atoms with Gasteiger partial charge in [0.25, 0.3) is 0 Å². The minimum absolute atomic E-state index is 0.312. The second kappa shape index (κ2) is 5.43. The molecule has 1 aromatic heterocycles. The first kappa shape index (κ1) is 13.4. The van der Waals surface area contributed by atoms with Crippen molar-refractivity contribution in [3.05, 3.63) is 36.4 Å². The van der Waals surface area contributed by atoms with E-state index in [2.05, 4.69) is 10.3 Å². The van der Waals surface area contributed by atoms with Crippen molar-refractivity contribution in [2.24, 2.45) is 0 Å². The van der Waals surface area contributed by atoms with Gasteiger partial charge in [-0.1, -0.05) is 0 Å². The molecule has 110 valence electrons. The van der Waals surface area contributed by atoms with Gasteiger partial charge in [-0.3, -0.25) is 4.90 Å². The van der Waals surface area contributed by atoms with Crippen LogP contribution in [0.15, 0.2) is 30.6 Å². The third-order valence-corrected chi connectivity index (χ3v) is 3.23. The maximum absolute atomic E-state index is 13.2. The number of ether oxygens (including phenoxy) is 1. The van der Waals surface area contributed by atoms with Gasteiger partial charge in [0.1, 0.15) is 11.6 Å². The summed E-state index contributed by atoms with van der Waals surface area (Å²) < 4.78 is 20.5. The topological polar surface area (TPSA) is 59.4 Å². The molecule has 0 saturated heterocycles. The maximum atomic E-state index is 13.2. The van der Waals surface area contributed by atoms with E-state index in [4.69, 9.17) is 4.74 Å². The van der Waals surface area contributed by atoms with Crippen LogP contribution in [0.2, 0.25) is 0 Å². The van der Waals surface area contributed by atoms with Gasteiger partial charge in [-0.25, -0.2) is 14.2 Å². The summed E-state index contributed by atoms with van der Waals surface area (Å²) in [6, 6.07) is 3.71. The summed E-state index contributed by atoms with van der Waals surface area (Å²) in [5.41, 5.74) is 0.438. The highest BCUT2D eigenvalue weighted by Gasteiger charge is 2.26. The fourth-order valence-electron chi connectivity index (χ4n) is 2.28. The zero-order valence-electron chi connectivity index (χ0n) is 11.5. The van der Waals surface area contributed by atoms with Crippen LogP contribution in [0.1, 0.15) is 6.92 Å². The van der Waals surface area contributed by atoms with E-state index in [-0.39, 0.29) is 6.03 Å². The zero-order valence-corrected chi connectivity index (χ0v) is 11.5. The number of aromatic nitrogens is 2. The van der Waals surface area contributed by atoms with Crippen LogP contribution < -0.4 is 15.0 Å². The summed E-state index contributed by atoms with van der Waals surface area (Å²) in [5, 5.41) is 2.74. The van der Waals surface area contributed by atoms with Gasteiger partial charge < -0.3 is 14.6 Å². The van der Waals surface area contributed by atoms with Gasteiger partial charge in [-0.15, -0.1) is 0 Å². The lowest BCUT2D eigenvalue weighted by Crippen LogP contribution is -2.33. The second-order valence-corrected chi connectivity index (χ2v) is 4.58. The third kappa shape index (κ3) is 2.54. The van der Waals surface area contributed by atoms with E-state index in [1.807, 2.05) is 10.8 Å². The van der Waals surface area contributed by atoms with Crippen LogP contribution in [0.3, 0.4) is 0 Å². The van der Waals surface area contributed by atoms with Crippen LogP contribution in [0.5, 0.6) is 5.75 Å². The van der Waals surface area contributed by atoms with Gasteiger partial charge in [0, 0.05) is 31.5 Å². The molecule has 2 amide bonds. The largest absolute Gasteiger partial charge is 0.492 e. The Morgan fingerprint density at radius 2 is 2.33 bits per heavy atom. The van der Waals surface area contributed by atoms with Crippen LogP contribution in [-0.2, 0) is 6.54 Å². The van der Waals surface area contributed by atoms with Gasteiger partial charge >= 0.3 is 6.03 Å². The summed E-state index contributed by atoms with van der Waals surface area (Å²) in [6.45, 7) is 3.46. The molecule has 1 N–H and O–H groups in total. The fraction of sp³-hybridized carbons (Fsp3) is 0.286. The van der Waals surface area contributed by atoms with E-state index >= 15 is 0 Å². The Labute approximate surface area is 121 Å². The highest BCUT2D eigenvalue weighted by Crippen LogP contribution is 2.27. The van der Waals surface area contributed by atoms with Crippen molar-refractivity contribution >= 4 is 17.7 Å². The first-order valence-electron chi connectivity index (χ1n) is 6.71. The number of urea groups is 1. The number of halogens is 1. The monoisotopic (exact) mass is 290 g/mol. The van der Waals surface area contributed by atoms with Gasteiger partial charge in [0.2, 0.25) is 5.95 Å². The number of rotatable bonds is 3. The molecule has 2 heterocycles. The standard InChI is InChI=1S/C14H15FN4O2/c1-2-21-12-9-10(15)3-4-11(12)17-14(20)19-8-7-18-6-5-16-13(18)19/h3-6,9H,2,7-8H2,1H3,(H,17,20). The average molecular weight is 290 g/mol. The Kier molecular flexibility index (Phi) is 3.47. The molecule has 21 heavy (non-hydrogen) atoms. The van der Waals surface area contributed by atoms with E-state index in [1.54, 1.807) is 18.0 Å². The number of carbonyl (C=O) groups excluding carboxylic acids is 1. The number of fused-ring (bicyclic) bond motifs is 1. The van der Waals surface area contributed by atoms with Gasteiger partial charge in [0.05, 0.1) is 12.3 Å². The van der Waals surface area contributed by atoms with E-state index in [9.17, 15) is 9.18 Å². The number of amides is 2. The molecule has 0 unspecified atom stereocenters. The van der Waals surface area contributed by atoms with E-state index in [0.29, 0.717) is 37.1 Å². The van der Waals surface area contributed by atoms with Crippen molar-refractivity contribution in [2.75, 3.05) is 23.4 Å². The van der Waals surface area contributed by atoms with Gasteiger partial charge in [0.15, 0.2) is 0 Å². The third-order valence-electron chi connectivity index (χ3n) is 3.23. The molecule has 0 radical (unpaired) electrons. The van der Waals surface area contributed by atoms with E-state index < -0.39 is 5.82 Å². The number of hydrogen-bond donors (Lipinski definition) is 1. The SMILES string of the molecule is CCOc1cc(F)ccc1NC(=O)N1CCn2ccnc21. The highest BCUT2D eigenvalue weighted by molar-refractivity contribution is 6.01. The molecule has 2 aromatic rings. The number of nitrogens with one attached hydrogen (secondary N) is 1. The van der Waals surface area contributed by atoms with E-state index in [1.165, 1.54) is 18.2 Å². The molecule has 0 spiro atoms. The summed E-state index contributed by atoms with van der Waals surface area (Å²) in [4.78, 5) is 18.0. The molecular weight excluding hydrogens is 275 g/mol. The minimum atomic E-state index is -0.409. The normalized spacial score (nSPS) is 13.1. The Morgan fingerprint density at radius 3 is 3.14 bits per heavy atom. The molecule has 0 aliphatic carbocycles. The lowest BCUT2D eigenvalue weighted by molar-refractivity contribution is 0.257. The molecule has 0 fully saturated rings. The van der Waals surface area contributed by atoms with Crippen molar-refractivity contribution < 1.29 is 13.9 Å². The van der Waals surface area contributed by atoms with Crippen LogP contribution in [-0.4, -0.2) is 28.7 Å². The molecule has 7 heteroatoms. The van der Waals surface area contributed by atoms with Gasteiger partial charge in [-0.05, 0) is 19.1 Å². The lowest BCUT2D eigenvalue weighted by atomic mass is 10.3. The zero-order chi connectivity index (χ0) is 14.8. The summed E-state index contributed by atoms with van der Waals surface area (Å²) in [6.07, 6.45) is 3.48. The lowest BCUT2D eigenvalue weighted by Gasteiger charge is -2.17.